The minimum Gasteiger partial charge on any atom is -0.361 e. The Kier molecular flexibility index (Phi) is 7.49. The van der Waals surface area contributed by atoms with Gasteiger partial charge in [0.05, 0.1) is 6.54 Å². The van der Waals surface area contributed by atoms with Crippen molar-refractivity contribution in [2.75, 3.05) is 39.8 Å². The Morgan fingerprint density at radius 3 is 2.80 bits per heavy atom. The van der Waals surface area contributed by atoms with E-state index in [2.05, 4.69) is 15.6 Å². The molecule has 0 aromatic rings. The minimum absolute atomic E-state index is 0.0452. The monoisotopic (exact) mass is 455 g/mol. The summed E-state index contributed by atoms with van der Waals surface area (Å²) in [5.74, 6) is -0.0910. The van der Waals surface area contributed by atoms with E-state index in [1.807, 2.05) is 28.9 Å². The number of halogens is 1. The molecule has 166 valence electrons. The van der Waals surface area contributed by atoms with Crippen molar-refractivity contribution >= 4 is 40.3 Å². The lowest BCUT2D eigenvalue weighted by atomic mass is 9.81. The highest BCUT2D eigenvalue weighted by Crippen LogP contribution is 2.44. The zero-order chi connectivity index (χ0) is 21.9. The van der Waals surface area contributed by atoms with Crippen LogP contribution >= 0.6 is 23.4 Å². The summed E-state index contributed by atoms with van der Waals surface area (Å²) in [5, 5.41) is 17.2. The maximum Gasteiger partial charge on any atom is 0.250 e. The summed E-state index contributed by atoms with van der Waals surface area (Å²) in [6.07, 6.45) is 4.46. The van der Waals surface area contributed by atoms with Gasteiger partial charge in [-0.1, -0.05) is 24.8 Å². The molecule has 10 heteroatoms. The summed E-state index contributed by atoms with van der Waals surface area (Å²) >= 11 is 7.46. The topological polar surface area (TPSA) is 97.3 Å². The second-order valence-electron chi connectivity index (χ2n) is 7.88. The molecular weight excluding hydrogens is 426 g/mol. The summed E-state index contributed by atoms with van der Waals surface area (Å²) in [5.41, 5.74) is 1.39. The molecule has 30 heavy (non-hydrogen) atoms. The van der Waals surface area contributed by atoms with Crippen LogP contribution in [0, 0.1) is 5.41 Å². The second-order valence-corrected chi connectivity index (χ2v) is 9.86. The van der Waals surface area contributed by atoms with Gasteiger partial charge in [0.1, 0.15) is 4.71 Å². The molecular formula is C20H30ClN5O3S. The molecule has 2 fully saturated rings. The Hall–Kier alpha value is -1.55. The van der Waals surface area contributed by atoms with Gasteiger partial charge in [0.2, 0.25) is 5.91 Å². The number of likely N-dealkylation sites (tertiary alicyclic amines) is 2. The molecule has 0 bridgehead atoms. The molecule has 0 aliphatic carbocycles. The SMILES string of the molecule is CC/C=C(\C=C1/CN(C(O)NC2=NCC(Cl)S2)CC12CCN(C(C)=O)C2)C(=O)NC. The number of nitrogens with zero attached hydrogens (tertiary/aromatic N) is 3. The standard InChI is InChI=1S/C20H30ClN5O3S/c1-4-5-14(17(28)22-3)8-15-10-26(19(29)24-18-23-9-16(21)30-18)12-20(15)6-7-25(11-20)13(2)27/h5,8,16,19,29H,4,6-7,9-12H2,1-3H3,(H,22,28)(H,23,24)/b14-5+,15-8+. The minimum atomic E-state index is -0.925. The zero-order valence-electron chi connectivity index (χ0n) is 17.7. The molecule has 3 unspecified atom stereocenters. The third kappa shape index (κ3) is 5.01. The predicted molar refractivity (Wildman–Crippen MR) is 120 cm³/mol. The molecule has 3 heterocycles. The molecule has 3 aliphatic rings. The zero-order valence-corrected chi connectivity index (χ0v) is 19.2. The van der Waals surface area contributed by atoms with Gasteiger partial charge in [-0.15, -0.1) is 11.6 Å². The number of amidine groups is 1. The number of carbonyl (C=O) groups excluding carboxylic acids is 2. The lowest BCUT2D eigenvalue weighted by Gasteiger charge is -2.28. The number of aliphatic imine (C=N–C) groups is 1. The molecule has 3 rings (SSSR count). The van der Waals surface area contributed by atoms with Gasteiger partial charge in [-0.3, -0.25) is 19.5 Å². The molecule has 0 aromatic carbocycles. The number of amides is 2. The number of allylic oxidation sites excluding steroid dienone is 1. The first-order valence-electron chi connectivity index (χ1n) is 10.2. The highest BCUT2D eigenvalue weighted by molar-refractivity contribution is 8.15. The number of hydrogen-bond donors (Lipinski definition) is 3. The highest BCUT2D eigenvalue weighted by Gasteiger charge is 2.49. The average molecular weight is 456 g/mol. The van der Waals surface area contributed by atoms with E-state index in [0.717, 1.165) is 18.4 Å². The number of hydrogen-bond acceptors (Lipinski definition) is 7. The Morgan fingerprint density at radius 2 is 2.23 bits per heavy atom. The average Bonchev–Trinajstić information content (AvgIpc) is 3.41. The van der Waals surface area contributed by atoms with Crippen molar-refractivity contribution in [2.24, 2.45) is 10.4 Å². The van der Waals surface area contributed by atoms with Gasteiger partial charge in [0.15, 0.2) is 11.5 Å². The molecule has 0 saturated carbocycles. The Morgan fingerprint density at radius 1 is 1.47 bits per heavy atom. The molecule has 0 aromatic heterocycles. The van der Waals surface area contributed by atoms with Crippen LogP contribution in [0.25, 0.3) is 0 Å². The van der Waals surface area contributed by atoms with E-state index in [-0.39, 0.29) is 21.9 Å². The van der Waals surface area contributed by atoms with E-state index >= 15 is 0 Å². The summed E-state index contributed by atoms with van der Waals surface area (Å²) in [6, 6.07) is 0. The first-order chi connectivity index (χ1) is 14.3. The smallest absolute Gasteiger partial charge is 0.250 e. The second kappa shape index (κ2) is 9.72. The fraction of sp³-hybridized carbons (Fsp3) is 0.650. The first kappa shape index (κ1) is 23.1. The lowest BCUT2D eigenvalue weighted by molar-refractivity contribution is -0.128. The van der Waals surface area contributed by atoms with E-state index < -0.39 is 6.35 Å². The molecule has 1 spiro atoms. The van der Waals surface area contributed by atoms with Crippen LogP contribution in [-0.4, -0.2) is 82.7 Å². The number of likely N-dealkylation sites (N-methyl/N-ethyl adjacent to an activating group) is 1. The highest BCUT2D eigenvalue weighted by atomic mass is 35.5. The van der Waals surface area contributed by atoms with E-state index in [4.69, 9.17) is 11.6 Å². The van der Waals surface area contributed by atoms with Crippen LogP contribution in [0.5, 0.6) is 0 Å². The fourth-order valence-electron chi connectivity index (χ4n) is 4.24. The predicted octanol–water partition coefficient (Wildman–Crippen LogP) is 1.08. The van der Waals surface area contributed by atoms with Crippen LogP contribution in [0.15, 0.2) is 28.3 Å². The number of alkyl halides is 1. The van der Waals surface area contributed by atoms with Crippen LogP contribution < -0.4 is 10.6 Å². The van der Waals surface area contributed by atoms with Gasteiger partial charge in [0, 0.05) is 51.1 Å². The Bertz CT molecular complexity index is 786. The normalized spacial score (nSPS) is 29.6. The Balaban J connectivity index is 1.85. The van der Waals surface area contributed by atoms with Gasteiger partial charge < -0.3 is 20.6 Å². The molecule has 3 atom stereocenters. The van der Waals surface area contributed by atoms with Crippen molar-refractivity contribution in [1.29, 1.82) is 0 Å². The quantitative estimate of drug-likeness (QED) is 0.326. The fourth-order valence-corrected chi connectivity index (χ4v) is 5.27. The van der Waals surface area contributed by atoms with E-state index in [9.17, 15) is 14.7 Å². The van der Waals surface area contributed by atoms with Crippen molar-refractivity contribution in [2.45, 2.75) is 37.8 Å². The summed E-state index contributed by atoms with van der Waals surface area (Å²) in [7, 11) is 1.62. The third-order valence-corrected chi connectivity index (χ3v) is 7.10. The van der Waals surface area contributed by atoms with E-state index in [1.54, 1.807) is 14.0 Å². The maximum atomic E-state index is 12.3. The van der Waals surface area contributed by atoms with Crippen LogP contribution in [-0.2, 0) is 9.59 Å². The number of rotatable bonds is 5. The third-order valence-electron chi connectivity index (χ3n) is 5.82. The van der Waals surface area contributed by atoms with Crippen molar-refractivity contribution in [3.8, 4) is 0 Å². The van der Waals surface area contributed by atoms with Crippen LogP contribution in [0.4, 0.5) is 0 Å². The molecule has 3 N–H and O–H groups in total. The van der Waals surface area contributed by atoms with E-state index in [1.165, 1.54) is 11.8 Å². The van der Waals surface area contributed by atoms with Crippen molar-refractivity contribution in [3.63, 3.8) is 0 Å². The largest absolute Gasteiger partial charge is 0.361 e. The molecule has 0 radical (unpaired) electrons. The van der Waals surface area contributed by atoms with E-state index in [0.29, 0.717) is 43.5 Å². The summed E-state index contributed by atoms with van der Waals surface area (Å²) < 4.78 is -0.117. The van der Waals surface area contributed by atoms with Crippen molar-refractivity contribution in [1.82, 2.24) is 20.4 Å². The summed E-state index contributed by atoms with van der Waals surface area (Å²) in [6.45, 7) is 6.43. The lowest BCUT2D eigenvalue weighted by Crippen LogP contribution is -2.47. The first-order valence-corrected chi connectivity index (χ1v) is 11.5. The van der Waals surface area contributed by atoms with Gasteiger partial charge in [-0.2, -0.15) is 0 Å². The number of aliphatic hydroxyl groups is 1. The molecule has 2 amide bonds. The van der Waals surface area contributed by atoms with Crippen LogP contribution in [0.2, 0.25) is 0 Å². The van der Waals surface area contributed by atoms with Crippen LogP contribution in [0.3, 0.4) is 0 Å². The van der Waals surface area contributed by atoms with Gasteiger partial charge in [-0.05, 0) is 24.5 Å². The maximum absolute atomic E-state index is 12.3. The Labute approximate surface area is 186 Å². The number of nitrogens with one attached hydrogen (secondary N) is 2. The van der Waals surface area contributed by atoms with Crippen molar-refractivity contribution in [3.05, 3.63) is 23.3 Å². The number of aliphatic hydroxyl groups excluding tert-OH is 1. The van der Waals surface area contributed by atoms with Crippen LogP contribution in [0.1, 0.15) is 26.7 Å². The molecule has 8 nitrogen and oxygen atoms in total. The van der Waals surface area contributed by atoms with Gasteiger partial charge in [0.25, 0.3) is 5.91 Å². The van der Waals surface area contributed by atoms with Gasteiger partial charge >= 0.3 is 0 Å². The van der Waals surface area contributed by atoms with Gasteiger partial charge in [-0.25, -0.2) is 0 Å². The molecule has 2 saturated heterocycles. The number of thioether (sulfide) groups is 1. The number of carbonyl (C=O) groups is 2. The molecule has 3 aliphatic heterocycles. The van der Waals surface area contributed by atoms with Crippen molar-refractivity contribution < 1.29 is 14.7 Å². The summed E-state index contributed by atoms with van der Waals surface area (Å²) in [4.78, 5) is 32.4.